The number of aromatic nitrogens is 1. The van der Waals surface area contributed by atoms with Gasteiger partial charge in [0, 0.05) is 31.4 Å². The molecule has 1 saturated heterocycles. The topological polar surface area (TPSA) is 45.7 Å². The minimum Gasteiger partial charge on any atom is -0.435 e. The molecule has 0 saturated carbocycles. The number of hydrogen-bond acceptors (Lipinski definition) is 5. The molecule has 3 rings (SSSR count). The lowest BCUT2D eigenvalue weighted by Gasteiger charge is -2.32. The van der Waals surface area contributed by atoms with Gasteiger partial charge in [0.05, 0.1) is 10.7 Å². The highest BCUT2D eigenvalue weighted by atomic mass is 32.1. The number of rotatable bonds is 7. The third kappa shape index (κ3) is 5.72. The molecule has 0 spiro atoms. The summed E-state index contributed by atoms with van der Waals surface area (Å²) in [6.45, 7) is 2.25. The van der Waals surface area contributed by atoms with Crippen LogP contribution in [-0.2, 0) is 17.9 Å². The van der Waals surface area contributed by atoms with E-state index in [0.29, 0.717) is 6.54 Å². The number of amides is 1. The molecule has 1 aliphatic heterocycles. The van der Waals surface area contributed by atoms with Crippen LogP contribution in [-0.4, -0.2) is 47.4 Å². The van der Waals surface area contributed by atoms with Crippen LogP contribution < -0.4 is 4.74 Å². The van der Waals surface area contributed by atoms with Crippen molar-refractivity contribution in [3.8, 4) is 5.75 Å². The number of thiazole rings is 1. The number of ether oxygens (including phenoxy) is 1. The molecule has 0 aliphatic carbocycles. The molecule has 0 unspecified atom stereocenters. The molecule has 28 heavy (non-hydrogen) atoms. The summed E-state index contributed by atoms with van der Waals surface area (Å²) >= 11 is 1.66. The van der Waals surface area contributed by atoms with E-state index in [4.69, 9.17) is 0 Å². The Bertz CT molecular complexity index is 774. The normalized spacial score (nSPS) is 15.8. The summed E-state index contributed by atoms with van der Waals surface area (Å²) in [6.07, 6.45) is 1.68. The Hall–Kier alpha value is -2.06. The Labute approximate surface area is 167 Å². The van der Waals surface area contributed by atoms with E-state index < -0.39 is 6.61 Å². The second kappa shape index (κ2) is 9.43. The predicted molar refractivity (Wildman–Crippen MR) is 104 cm³/mol. The van der Waals surface area contributed by atoms with Crippen LogP contribution in [0.5, 0.6) is 5.75 Å². The molecule has 1 fully saturated rings. The quantitative estimate of drug-likeness (QED) is 0.695. The Balaban J connectivity index is 1.46. The van der Waals surface area contributed by atoms with Crippen molar-refractivity contribution in [2.75, 3.05) is 20.1 Å². The molecule has 1 amide bonds. The molecule has 0 atom stereocenters. The van der Waals surface area contributed by atoms with Gasteiger partial charge in [0.25, 0.3) is 0 Å². The molecule has 152 valence electrons. The van der Waals surface area contributed by atoms with Crippen molar-refractivity contribution in [3.05, 3.63) is 45.9 Å². The number of nitrogens with zero attached hydrogens (tertiary/aromatic N) is 3. The first-order valence-electron chi connectivity index (χ1n) is 9.33. The molecule has 0 bridgehead atoms. The SMILES string of the molecule is Cc1nc(CN2CCC(C(=O)N(C)Cc3ccc(OC(F)F)cc3)CC2)cs1. The Morgan fingerprint density at radius 1 is 1.32 bits per heavy atom. The van der Waals surface area contributed by atoms with Crippen LogP contribution >= 0.6 is 11.3 Å². The van der Waals surface area contributed by atoms with E-state index >= 15 is 0 Å². The van der Waals surface area contributed by atoms with Gasteiger partial charge >= 0.3 is 6.61 Å². The summed E-state index contributed by atoms with van der Waals surface area (Å²) in [7, 11) is 1.79. The van der Waals surface area contributed by atoms with Crippen LogP contribution in [0, 0.1) is 12.8 Å². The molecule has 0 N–H and O–H groups in total. The number of halogens is 2. The lowest BCUT2D eigenvalue weighted by Crippen LogP contribution is -2.40. The Morgan fingerprint density at radius 2 is 2.00 bits per heavy atom. The Morgan fingerprint density at radius 3 is 2.57 bits per heavy atom. The first-order valence-corrected chi connectivity index (χ1v) is 10.2. The molecule has 0 radical (unpaired) electrons. The number of piperidine rings is 1. The van der Waals surface area contributed by atoms with Crippen LogP contribution in [0.3, 0.4) is 0 Å². The highest BCUT2D eigenvalue weighted by molar-refractivity contribution is 7.09. The van der Waals surface area contributed by atoms with Crippen molar-refractivity contribution >= 4 is 17.2 Å². The first kappa shape index (κ1) is 20.7. The van der Waals surface area contributed by atoms with Gasteiger partial charge in [-0.15, -0.1) is 11.3 Å². The molecule has 2 aromatic rings. The van der Waals surface area contributed by atoms with Crippen LogP contribution in [0.25, 0.3) is 0 Å². The summed E-state index contributed by atoms with van der Waals surface area (Å²) in [5.41, 5.74) is 1.98. The van der Waals surface area contributed by atoms with E-state index in [2.05, 4.69) is 20.0 Å². The maximum Gasteiger partial charge on any atom is 0.387 e. The van der Waals surface area contributed by atoms with Crippen molar-refractivity contribution in [2.45, 2.75) is 39.5 Å². The second-order valence-electron chi connectivity index (χ2n) is 7.13. The molecule has 5 nitrogen and oxygen atoms in total. The third-order valence-electron chi connectivity index (χ3n) is 4.93. The van der Waals surface area contributed by atoms with E-state index in [1.807, 2.05) is 6.92 Å². The maximum atomic E-state index is 12.8. The van der Waals surface area contributed by atoms with Gasteiger partial charge in [-0.3, -0.25) is 9.69 Å². The molecule has 2 heterocycles. The fourth-order valence-corrected chi connectivity index (χ4v) is 4.09. The molecular weight excluding hydrogens is 384 g/mol. The van der Waals surface area contributed by atoms with E-state index in [1.165, 1.54) is 12.1 Å². The van der Waals surface area contributed by atoms with E-state index in [-0.39, 0.29) is 17.6 Å². The zero-order chi connectivity index (χ0) is 20.1. The minimum atomic E-state index is -2.83. The zero-order valence-electron chi connectivity index (χ0n) is 16.1. The highest BCUT2D eigenvalue weighted by Crippen LogP contribution is 2.22. The van der Waals surface area contributed by atoms with Crippen LogP contribution in [0.15, 0.2) is 29.6 Å². The fourth-order valence-electron chi connectivity index (χ4n) is 3.49. The second-order valence-corrected chi connectivity index (χ2v) is 8.19. The average Bonchev–Trinajstić information content (AvgIpc) is 3.07. The van der Waals surface area contributed by atoms with Crippen molar-refractivity contribution in [3.63, 3.8) is 0 Å². The smallest absolute Gasteiger partial charge is 0.387 e. The van der Waals surface area contributed by atoms with Gasteiger partial charge in [-0.1, -0.05) is 12.1 Å². The molecule has 1 aliphatic rings. The van der Waals surface area contributed by atoms with E-state index in [9.17, 15) is 13.6 Å². The summed E-state index contributed by atoms with van der Waals surface area (Å²) in [5.74, 6) is 0.285. The van der Waals surface area contributed by atoms with Gasteiger partial charge in [-0.2, -0.15) is 8.78 Å². The minimum absolute atomic E-state index is 0.0276. The highest BCUT2D eigenvalue weighted by Gasteiger charge is 2.27. The van der Waals surface area contributed by atoms with E-state index in [0.717, 1.165) is 48.7 Å². The van der Waals surface area contributed by atoms with Crippen LogP contribution in [0.2, 0.25) is 0 Å². The number of hydrogen-bond donors (Lipinski definition) is 0. The van der Waals surface area contributed by atoms with Gasteiger partial charge in [0.15, 0.2) is 0 Å². The van der Waals surface area contributed by atoms with Gasteiger partial charge in [-0.25, -0.2) is 4.98 Å². The molecular formula is C20H25F2N3O2S. The molecule has 8 heteroatoms. The summed E-state index contributed by atoms with van der Waals surface area (Å²) in [5, 5.41) is 3.17. The summed E-state index contributed by atoms with van der Waals surface area (Å²) < 4.78 is 28.8. The van der Waals surface area contributed by atoms with Gasteiger partial charge in [-0.05, 0) is 50.6 Å². The van der Waals surface area contributed by atoms with Crippen LogP contribution in [0.4, 0.5) is 8.78 Å². The number of benzene rings is 1. The average molecular weight is 410 g/mol. The summed E-state index contributed by atoms with van der Waals surface area (Å²) in [6, 6.07) is 6.41. The van der Waals surface area contributed by atoms with Crippen LogP contribution in [0.1, 0.15) is 29.1 Å². The number of carbonyl (C=O) groups excluding carboxylic acids is 1. The standard InChI is InChI=1S/C20H25F2N3O2S/c1-14-23-17(13-28-14)12-25-9-7-16(8-10-25)19(26)24(2)11-15-3-5-18(6-4-15)27-20(21)22/h3-6,13,16,20H,7-12H2,1-2H3. The lowest BCUT2D eigenvalue weighted by molar-refractivity contribution is -0.136. The van der Waals surface area contributed by atoms with Crippen molar-refractivity contribution in [2.24, 2.45) is 5.92 Å². The third-order valence-corrected chi connectivity index (χ3v) is 5.76. The monoisotopic (exact) mass is 409 g/mol. The van der Waals surface area contributed by atoms with Gasteiger partial charge in [0.1, 0.15) is 5.75 Å². The Kier molecular flexibility index (Phi) is 6.96. The fraction of sp³-hybridized carbons (Fsp3) is 0.500. The van der Waals surface area contributed by atoms with Crippen molar-refractivity contribution in [1.29, 1.82) is 0 Å². The molecule has 1 aromatic heterocycles. The number of carbonyl (C=O) groups is 1. The zero-order valence-corrected chi connectivity index (χ0v) is 16.9. The first-order chi connectivity index (χ1) is 13.4. The predicted octanol–water partition coefficient (Wildman–Crippen LogP) is 3.92. The maximum absolute atomic E-state index is 12.8. The van der Waals surface area contributed by atoms with Gasteiger partial charge in [0.2, 0.25) is 5.91 Å². The van der Waals surface area contributed by atoms with E-state index in [1.54, 1.807) is 35.4 Å². The molecule has 1 aromatic carbocycles. The van der Waals surface area contributed by atoms with Crippen molar-refractivity contribution < 1.29 is 18.3 Å². The van der Waals surface area contributed by atoms with Gasteiger partial charge < -0.3 is 9.64 Å². The lowest BCUT2D eigenvalue weighted by atomic mass is 9.95. The van der Waals surface area contributed by atoms with Crippen molar-refractivity contribution in [1.82, 2.24) is 14.8 Å². The largest absolute Gasteiger partial charge is 0.435 e. The summed E-state index contributed by atoms with van der Waals surface area (Å²) in [4.78, 5) is 21.3. The number of aryl methyl sites for hydroxylation is 1. The number of likely N-dealkylation sites (tertiary alicyclic amines) is 1. The number of alkyl halides is 2.